The van der Waals surface area contributed by atoms with E-state index in [1.807, 2.05) is 24.3 Å². The lowest BCUT2D eigenvalue weighted by atomic mass is 10.0. The minimum absolute atomic E-state index is 0.103. The van der Waals surface area contributed by atoms with E-state index in [0.717, 1.165) is 5.56 Å². The van der Waals surface area contributed by atoms with Crippen molar-refractivity contribution in [2.45, 2.75) is 0 Å². The number of halogens is 1. The number of tetrazole rings is 1. The van der Waals surface area contributed by atoms with E-state index in [4.69, 9.17) is 11.6 Å². The summed E-state index contributed by atoms with van der Waals surface area (Å²) in [5, 5.41) is 24.5. The average Bonchev–Trinajstić information content (AvgIpc) is 2.93. The first-order chi connectivity index (χ1) is 9.25. The van der Waals surface area contributed by atoms with Crippen LogP contribution in [0.1, 0.15) is 0 Å². The lowest BCUT2D eigenvalue weighted by molar-refractivity contribution is 0.479. The molecular weight excluding hydrogens is 264 g/mol. The SMILES string of the molecule is Oc1c(-c2cccc(Cl)c2)cccc1-c1nn[nH]n1. The number of benzene rings is 2. The monoisotopic (exact) mass is 272 g/mol. The van der Waals surface area contributed by atoms with Gasteiger partial charge in [-0.1, -0.05) is 35.9 Å². The molecule has 0 aliphatic carbocycles. The maximum Gasteiger partial charge on any atom is 0.208 e. The van der Waals surface area contributed by atoms with Crippen LogP contribution in [0.4, 0.5) is 0 Å². The predicted octanol–water partition coefficient (Wildman–Crippen LogP) is 2.89. The van der Waals surface area contributed by atoms with Gasteiger partial charge in [0.25, 0.3) is 0 Å². The van der Waals surface area contributed by atoms with Crippen LogP contribution in [0.25, 0.3) is 22.5 Å². The topological polar surface area (TPSA) is 74.7 Å². The second-order valence-corrected chi connectivity index (χ2v) is 4.38. The molecule has 0 aliphatic rings. The number of H-pyrrole nitrogens is 1. The Labute approximate surface area is 113 Å². The highest BCUT2D eigenvalue weighted by Gasteiger charge is 2.13. The minimum Gasteiger partial charge on any atom is -0.507 e. The van der Waals surface area contributed by atoms with Gasteiger partial charge in [0.1, 0.15) is 5.75 Å². The average molecular weight is 273 g/mol. The van der Waals surface area contributed by atoms with Crippen molar-refractivity contribution in [3.8, 4) is 28.3 Å². The van der Waals surface area contributed by atoms with Crippen LogP contribution >= 0.6 is 11.6 Å². The summed E-state index contributed by atoms with van der Waals surface area (Å²) in [6.07, 6.45) is 0. The minimum atomic E-state index is 0.103. The number of phenols is 1. The third-order valence-corrected chi connectivity index (χ3v) is 2.99. The highest BCUT2D eigenvalue weighted by Crippen LogP contribution is 2.36. The lowest BCUT2D eigenvalue weighted by Crippen LogP contribution is -1.86. The Kier molecular flexibility index (Phi) is 2.89. The summed E-state index contributed by atoms with van der Waals surface area (Å²) >= 11 is 5.97. The molecule has 3 rings (SSSR count). The zero-order valence-electron chi connectivity index (χ0n) is 9.71. The molecule has 1 heterocycles. The highest BCUT2D eigenvalue weighted by atomic mass is 35.5. The molecule has 2 aromatic carbocycles. The molecule has 94 valence electrons. The molecule has 0 saturated carbocycles. The second-order valence-electron chi connectivity index (χ2n) is 3.95. The summed E-state index contributed by atoms with van der Waals surface area (Å²) in [4.78, 5) is 0. The van der Waals surface area contributed by atoms with Gasteiger partial charge in [-0.15, -0.1) is 10.2 Å². The van der Waals surface area contributed by atoms with Gasteiger partial charge in [-0.2, -0.15) is 5.21 Å². The summed E-state index contributed by atoms with van der Waals surface area (Å²) in [7, 11) is 0. The highest BCUT2D eigenvalue weighted by molar-refractivity contribution is 6.30. The van der Waals surface area contributed by atoms with E-state index in [9.17, 15) is 5.11 Å². The molecule has 5 nitrogen and oxygen atoms in total. The van der Waals surface area contributed by atoms with E-state index in [0.29, 0.717) is 22.0 Å². The van der Waals surface area contributed by atoms with Crippen LogP contribution in [0.5, 0.6) is 5.75 Å². The fraction of sp³-hybridized carbons (Fsp3) is 0. The number of aromatic hydroxyl groups is 1. The number of hydrogen-bond donors (Lipinski definition) is 2. The first-order valence-electron chi connectivity index (χ1n) is 5.57. The molecule has 0 radical (unpaired) electrons. The zero-order valence-corrected chi connectivity index (χ0v) is 10.5. The maximum atomic E-state index is 10.3. The van der Waals surface area contributed by atoms with Gasteiger partial charge in [0.2, 0.25) is 5.82 Å². The van der Waals surface area contributed by atoms with Crippen LogP contribution in [0, 0.1) is 0 Å². The zero-order chi connectivity index (χ0) is 13.2. The number of aromatic amines is 1. The Bertz CT molecular complexity index is 712. The molecule has 6 heteroatoms. The normalized spacial score (nSPS) is 10.6. The number of nitrogens with one attached hydrogen (secondary N) is 1. The van der Waals surface area contributed by atoms with Gasteiger partial charge >= 0.3 is 0 Å². The summed E-state index contributed by atoms with van der Waals surface area (Å²) in [5.41, 5.74) is 2.02. The van der Waals surface area contributed by atoms with Crippen molar-refractivity contribution in [2.24, 2.45) is 0 Å². The number of para-hydroxylation sites is 1. The number of rotatable bonds is 2. The second kappa shape index (κ2) is 4.70. The Balaban J connectivity index is 2.16. The summed E-state index contributed by atoms with van der Waals surface area (Å²) < 4.78 is 0. The third kappa shape index (κ3) is 2.15. The van der Waals surface area contributed by atoms with Gasteiger partial charge in [-0.25, -0.2) is 0 Å². The quantitative estimate of drug-likeness (QED) is 0.752. The van der Waals surface area contributed by atoms with Crippen LogP contribution in [0.2, 0.25) is 5.02 Å². The molecular formula is C13H9ClN4O. The van der Waals surface area contributed by atoms with Crippen molar-refractivity contribution in [2.75, 3.05) is 0 Å². The fourth-order valence-electron chi connectivity index (χ4n) is 1.89. The maximum absolute atomic E-state index is 10.3. The fourth-order valence-corrected chi connectivity index (χ4v) is 2.08. The Morgan fingerprint density at radius 2 is 1.84 bits per heavy atom. The van der Waals surface area contributed by atoms with Crippen molar-refractivity contribution in [3.05, 3.63) is 47.5 Å². The van der Waals surface area contributed by atoms with Gasteiger partial charge in [0, 0.05) is 10.6 Å². The molecule has 0 spiro atoms. The van der Waals surface area contributed by atoms with Crippen molar-refractivity contribution in [1.82, 2.24) is 20.6 Å². The van der Waals surface area contributed by atoms with Crippen LogP contribution in [0.15, 0.2) is 42.5 Å². The molecule has 1 aromatic heterocycles. The van der Waals surface area contributed by atoms with E-state index < -0.39 is 0 Å². The molecule has 0 aliphatic heterocycles. The van der Waals surface area contributed by atoms with Crippen LogP contribution in [-0.4, -0.2) is 25.7 Å². The van der Waals surface area contributed by atoms with E-state index in [1.54, 1.807) is 18.2 Å². The van der Waals surface area contributed by atoms with E-state index >= 15 is 0 Å². The number of hydrogen-bond acceptors (Lipinski definition) is 4. The van der Waals surface area contributed by atoms with Crippen LogP contribution in [-0.2, 0) is 0 Å². The number of aromatic nitrogens is 4. The van der Waals surface area contributed by atoms with Crippen molar-refractivity contribution < 1.29 is 5.11 Å². The van der Waals surface area contributed by atoms with Crippen molar-refractivity contribution >= 4 is 11.6 Å². The van der Waals surface area contributed by atoms with Gasteiger partial charge in [-0.3, -0.25) is 0 Å². The standard InChI is InChI=1S/C13H9ClN4O/c14-9-4-1-3-8(7-9)10-5-2-6-11(12(10)19)13-15-17-18-16-13/h1-7,19H,(H,15,16,17,18). The van der Waals surface area contributed by atoms with Gasteiger partial charge in [-0.05, 0) is 29.0 Å². The Morgan fingerprint density at radius 3 is 2.58 bits per heavy atom. The Morgan fingerprint density at radius 1 is 1.05 bits per heavy atom. The van der Waals surface area contributed by atoms with E-state index in [1.165, 1.54) is 0 Å². The number of nitrogens with zero attached hydrogens (tertiary/aromatic N) is 3. The number of phenolic OH excluding ortho intramolecular Hbond substituents is 1. The molecule has 19 heavy (non-hydrogen) atoms. The van der Waals surface area contributed by atoms with Crippen molar-refractivity contribution in [1.29, 1.82) is 0 Å². The summed E-state index contributed by atoms with van der Waals surface area (Å²) in [5.74, 6) is 0.451. The molecule has 0 saturated heterocycles. The lowest BCUT2D eigenvalue weighted by Gasteiger charge is -2.08. The summed E-state index contributed by atoms with van der Waals surface area (Å²) in [6.45, 7) is 0. The largest absolute Gasteiger partial charge is 0.507 e. The van der Waals surface area contributed by atoms with E-state index in [-0.39, 0.29) is 5.75 Å². The molecule has 0 unspecified atom stereocenters. The van der Waals surface area contributed by atoms with E-state index in [2.05, 4.69) is 20.6 Å². The van der Waals surface area contributed by atoms with Gasteiger partial charge in [0.15, 0.2) is 0 Å². The van der Waals surface area contributed by atoms with Crippen molar-refractivity contribution in [3.63, 3.8) is 0 Å². The summed E-state index contributed by atoms with van der Waals surface area (Å²) in [6, 6.07) is 12.6. The van der Waals surface area contributed by atoms with Gasteiger partial charge < -0.3 is 5.11 Å². The predicted molar refractivity (Wildman–Crippen MR) is 71.7 cm³/mol. The first-order valence-corrected chi connectivity index (χ1v) is 5.95. The molecule has 3 aromatic rings. The Hall–Kier alpha value is -2.40. The van der Waals surface area contributed by atoms with Gasteiger partial charge in [0.05, 0.1) is 5.56 Å². The van der Waals surface area contributed by atoms with Crippen LogP contribution < -0.4 is 0 Å². The first kappa shape index (κ1) is 11.7. The molecule has 0 amide bonds. The molecule has 0 fully saturated rings. The molecule has 2 N–H and O–H groups in total. The van der Waals surface area contributed by atoms with Crippen LogP contribution in [0.3, 0.4) is 0 Å². The molecule has 0 bridgehead atoms. The molecule has 0 atom stereocenters. The third-order valence-electron chi connectivity index (χ3n) is 2.76. The smallest absolute Gasteiger partial charge is 0.208 e.